The first kappa shape index (κ1) is 23.7. The third kappa shape index (κ3) is 5.84. The molecule has 0 fully saturated rings. The van der Waals surface area contributed by atoms with Crippen molar-refractivity contribution in [3.63, 3.8) is 0 Å². The van der Waals surface area contributed by atoms with Crippen LogP contribution in [0.25, 0.3) is 0 Å². The molecule has 0 unspecified atom stereocenters. The average Bonchev–Trinajstić information content (AvgIpc) is 3.06. The maximum Gasteiger partial charge on any atom is 0.240 e. The van der Waals surface area contributed by atoms with Crippen molar-refractivity contribution in [1.82, 2.24) is 10.0 Å². The molecule has 9 heteroatoms. The smallest absolute Gasteiger partial charge is 0.240 e. The van der Waals surface area contributed by atoms with Gasteiger partial charge < -0.3 is 15.5 Å². The summed E-state index contributed by atoms with van der Waals surface area (Å²) in [5.74, 6) is -0.794. The summed E-state index contributed by atoms with van der Waals surface area (Å²) >= 11 is 5.78. The largest absolute Gasteiger partial charge is 0.392 e. The Morgan fingerprint density at radius 3 is 2.55 bits per heavy atom. The van der Waals surface area contributed by atoms with Gasteiger partial charge in [0.25, 0.3) is 0 Å². The molecule has 0 spiro atoms. The summed E-state index contributed by atoms with van der Waals surface area (Å²) in [7, 11) is -3.80. The average molecular weight is 467 g/mol. The zero-order chi connectivity index (χ0) is 22.6. The summed E-state index contributed by atoms with van der Waals surface area (Å²) in [6.45, 7) is 1.61. The molecule has 168 valence electrons. The van der Waals surface area contributed by atoms with Crippen LogP contribution in [-0.4, -0.2) is 43.3 Å². The van der Waals surface area contributed by atoms with E-state index < -0.39 is 34.2 Å². The molecule has 2 aromatic rings. The van der Waals surface area contributed by atoms with Crippen LogP contribution >= 0.6 is 11.6 Å². The lowest BCUT2D eigenvalue weighted by Crippen LogP contribution is -2.40. The van der Waals surface area contributed by atoms with Crippen molar-refractivity contribution in [1.29, 1.82) is 0 Å². The number of aliphatic hydroxyl groups is 2. The van der Waals surface area contributed by atoms with Gasteiger partial charge in [-0.15, -0.1) is 0 Å². The number of nitrogens with one attached hydrogen (secondary N) is 2. The molecule has 1 aliphatic carbocycles. The fraction of sp³-hybridized carbons (Fsp3) is 0.409. The first-order valence-corrected chi connectivity index (χ1v) is 12.1. The molecule has 0 aromatic heterocycles. The molecule has 0 saturated carbocycles. The molecule has 2 aromatic carbocycles. The van der Waals surface area contributed by atoms with Crippen LogP contribution in [0, 0.1) is 5.92 Å². The first-order chi connectivity index (χ1) is 14.7. The van der Waals surface area contributed by atoms with Crippen LogP contribution in [0.5, 0.6) is 0 Å². The minimum absolute atomic E-state index is 0.0442. The molecule has 0 radical (unpaired) electrons. The Morgan fingerprint density at radius 1 is 1.19 bits per heavy atom. The molecule has 0 heterocycles. The zero-order valence-electron chi connectivity index (χ0n) is 17.2. The van der Waals surface area contributed by atoms with Gasteiger partial charge in [0.15, 0.2) is 0 Å². The monoisotopic (exact) mass is 466 g/mol. The summed E-state index contributed by atoms with van der Waals surface area (Å²) in [5.41, 5.74) is 1.90. The number of hydrogen-bond donors (Lipinski definition) is 4. The van der Waals surface area contributed by atoms with Crippen LogP contribution in [0.15, 0.2) is 53.4 Å². The lowest BCUT2D eigenvalue weighted by molar-refractivity contribution is -0.127. The highest BCUT2D eigenvalue weighted by molar-refractivity contribution is 7.89. The molecule has 7 nitrogen and oxygen atoms in total. The number of carbonyl (C=O) groups is 1. The summed E-state index contributed by atoms with van der Waals surface area (Å²) in [6.07, 6.45) is -0.700. The lowest BCUT2D eigenvalue weighted by Gasteiger charge is -2.23. The van der Waals surface area contributed by atoms with Gasteiger partial charge in [-0.1, -0.05) is 42.8 Å². The van der Waals surface area contributed by atoms with E-state index in [9.17, 15) is 23.4 Å². The number of sulfonamides is 1. The molecule has 1 aliphatic rings. The maximum absolute atomic E-state index is 12.8. The van der Waals surface area contributed by atoms with Gasteiger partial charge in [-0.25, -0.2) is 13.1 Å². The number of halogens is 1. The minimum Gasteiger partial charge on any atom is -0.392 e. The third-order valence-electron chi connectivity index (χ3n) is 5.55. The van der Waals surface area contributed by atoms with Crippen molar-refractivity contribution in [3.05, 3.63) is 64.7 Å². The highest BCUT2D eigenvalue weighted by Crippen LogP contribution is 2.31. The zero-order valence-corrected chi connectivity index (χ0v) is 18.7. The fourth-order valence-electron chi connectivity index (χ4n) is 3.79. The van der Waals surface area contributed by atoms with E-state index in [4.69, 9.17) is 11.6 Å². The summed E-state index contributed by atoms with van der Waals surface area (Å²) in [4.78, 5) is 12.8. The van der Waals surface area contributed by atoms with Gasteiger partial charge >= 0.3 is 0 Å². The van der Waals surface area contributed by atoms with Crippen molar-refractivity contribution >= 4 is 27.5 Å². The van der Waals surface area contributed by atoms with Crippen LogP contribution in [0.1, 0.15) is 36.9 Å². The van der Waals surface area contributed by atoms with E-state index in [1.807, 2.05) is 31.2 Å². The predicted octanol–water partition coefficient (Wildman–Crippen LogP) is 2.17. The van der Waals surface area contributed by atoms with Crippen molar-refractivity contribution in [2.24, 2.45) is 5.92 Å². The van der Waals surface area contributed by atoms with E-state index in [1.165, 1.54) is 24.3 Å². The van der Waals surface area contributed by atoms with Crippen molar-refractivity contribution < 1.29 is 23.4 Å². The number of amides is 1. The summed E-state index contributed by atoms with van der Waals surface area (Å²) < 4.78 is 27.1. The van der Waals surface area contributed by atoms with E-state index in [-0.39, 0.29) is 23.8 Å². The van der Waals surface area contributed by atoms with Crippen LogP contribution in [0.2, 0.25) is 5.02 Å². The molecule has 1 amide bonds. The lowest BCUT2D eigenvalue weighted by atomic mass is 9.96. The van der Waals surface area contributed by atoms with Crippen LogP contribution in [-0.2, 0) is 21.2 Å². The molecule has 4 N–H and O–H groups in total. The van der Waals surface area contributed by atoms with Gasteiger partial charge in [0, 0.05) is 23.9 Å². The molecular weight excluding hydrogens is 440 g/mol. The minimum atomic E-state index is -3.80. The van der Waals surface area contributed by atoms with Gasteiger partial charge in [-0.2, -0.15) is 0 Å². The van der Waals surface area contributed by atoms with E-state index >= 15 is 0 Å². The number of rotatable bonds is 9. The second kappa shape index (κ2) is 10.1. The standard InChI is InChI=1S/C22H27ClN2O5S/c1-2-14(22(28)25-21-19-6-4-3-5-15(19)12-20(21)27)11-17(26)13-24-31(29,30)18-9-7-16(23)8-10-18/h3-10,14,17,20-21,24,26-27H,2,11-13H2,1H3,(H,25,28)/t14-,17+,20+,21+/m1/s1. The van der Waals surface area contributed by atoms with Crippen LogP contribution in [0.4, 0.5) is 0 Å². The molecule has 4 atom stereocenters. The second-order valence-electron chi connectivity index (χ2n) is 7.76. The molecule has 31 heavy (non-hydrogen) atoms. The summed E-state index contributed by atoms with van der Waals surface area (Å²) in [5, 5.41) is 24.0. The fourth-order valence-corrected chi connectivity index (χ4v) is 4.99. The van der Waals surface area contributed by atoms with Gasteiger partial charge in [-0.05, 0) is 48.2 Å². The number of benzene rings is 2. The Bertz CT molecular complexity index is 1010. The van der Waals surface area contributed by atoms with E-state index in [2.05, 4.69) is 10.0 Å². The Hall–Kier alpha value is -1.97. The quantitative estimate of drug-likeness (QED) is 0.452. The van der Waals surface area contributed by atoms with Gasteiger partial charge in [-0.3, -0.25) is 4.79 Å². The van der Waals surface area contributed by atoms with E-state index in [1.54, 1.807) is 0 Å². The number of aliphatic hydroxyl groups excluding tert-OH is 2. The summed E-state index contributed by atoms with van der Waals surface area (Å²) in [6, 6.07) is 12.8. The van der Waals surface area contributed by atoms with Crippen molar-refractivity contribution in [2.75, 3.05) is 6.54 Å². The van der Waals surface area contributed by atoms with Gasteiger partial charge in [0.1, 0.15) is 0 Å². The maximum atomic E-state index is 12.8. The Balaban J connectivity index is 1.56. The molecular formula is C22H27ClN2O5S. The number of fused-ring (bicyclic) bond motifs is 1. The van der Waals surface area contributed by atoms with E-state index in [0.717, 1.165) is 11.1 Å². The van der Waals surface area contributed by atoms with Gasteiger partial charge in [0.2, 0.25) is 15.9 Å². The van der Waals surface area contributed by atoms with Crippen molar-refractivity contribution in [3.8, 4) is 0 Å². The molecule has 0 aliphatic heterocycles. The second-order valence-corrected chi connectivity index (χ2v) is 9.96. The first-order valence-electron chi connectivity index (χ1n) is 10.2. The normalized spacial score (nSPS) is 20.1. The van der Waals surface area contributed by atoms with Crippen molar-refractivity contribution in [2.45, 2.75) is 49.3 Å². The predicted molar refractivity (Wildman–Crippen MR) is 118 cm³/mol. The van der Waals surface area contributed by atoms with Gasteiger partial charge in [0.05, 0.1) is 23.1 Å². The highest BCUT2D eigenvalue weighted by atomic mass is 35.5. The Morgan fingerprint density at radius 2 is 1.87 bits per heavy atom. The molecule has 3 rings (SSSR count). The number of hydrogen-bond acceptors (Lipinski definition) is 5. The SMILES string of the molecule is CC[C@H](C[C@H](O)CNS(=O)(=O)c1ccc(Cl)cc1)C(=O)N[C@H]1c2ccccc2C[C@@H]1O. The van der Waals surface area contributed by atoms with Crippen LogP contribution in [0.3, 0.4) is 0 Å². The Kier molecular flexibility index (Phi) is 7.72. The molecule has 0 saturated heterocycles. The topological polar surface area (TPSA) is 116 Å². The van der Waals surface area contributed by atoms with Crippen LogP contribution < -0.4 is 10.0 Å². The molecule has 0 bridgehead atoms. The Labute approximate surface area is 187 Å². The third-order valence-corrected chi connectivity index (χ3v) is 7.25. The number of carbonyl (C=O) groups excluding carboxylic acids is 1. The van der Waals surface area contributed by atoms with E-state index in [0.29, 0.717) is 17.9 Å². The highest BCUT2D eigenvalue weighted by Gasteiger charge is 2.33.